The summed E-state index contributed by atoms with van der Waals surface area (Å²) in [7, 11) is 1.28. The molecule has 0 amide bonds. The molecule has 1 saturated heterocycles. The van der Waals surface area contributed by atoms with Gasteiger partial charge in [-0.2, -0.15) is 0 Å². The van der Waals surface area contributed by atoms with Gasteiger partial charge in [-0.1, -0.05) is 13.8 Å². The van der Waals surface area contributed by atoms with Crippen LogP contribution in [-0.4, -0.2) is 24.6 Å². The van der Waals surface area contributed by atoms with Crippen LogP contribution in [0.3, 0.4) is 0 Å². The quantitative estimate of drug-likeness (QED) is 0.487. The molecule has 4 nitrogen and oxygen atoms in total. The first-order valence-electron chi connectivity index (χ1n) is 4.76. The lowest BCUT2D eigenvalue weighted by Crippen LogP contribution is -2.35. The second-order valence-electron chi connectivity index (χ2n) is 4.61. The predicted molar refractivity (Wildman–Crippen MR) is 54.1 cm³/mol. The van der Waals surface area contributed by atoms with Crippen molar-refractivity contribution in [1.82, 2.24) is 0 Å². The van der Waals surface area contributed by atoms with E-state index in [4.69, 9.17) is 4.74 Å². The second kappa shape index (κ2) is 3.36. The largest absolute Gasteiger partial charge is 0.466 e. The SMILES string of the molecule is COC(=O)C=C1C(=O)OC(C)(C)C1(C)C. The summed E-state index contributed by atoms with van der Waals surface area (Å²) >= 11 is 0. The van der Waals surface area contributed by atoms with E-state index in [2.05, 4.69) is 4.74 Å². The fourth-order valence-electron chi connectivity index (χ4n) is 1.41. The summed E-state index contributed by atoms with van der Waals surface area (Å²) in [5, 5.41) is 0. The van der Waals surface area contributed by atoms with Crippen LogP contribution in [0.1, 0.15) is 27.7 Å². The lowest BCUT2D eigenvalue weighted by molar-refractivity contribution is -0.146. The van der Waals surface area contributed by atoms with Crippen molar-refractivity contribution in [2.75, 3.05) is 7.11 Å². The first-order chi connectivity index (χ1) is 6.72. The van der Waals surface area contributed by atoms with E-state index >= 15 is 0 Å². The molecule has 0 atom stereocenters. The molecule has 0 aromatic rings. The molecule has 1 rings (SSSR count). The van der Waals surface area contributed by atoms with Crippen LogP contribution >= 0.6 is 0 Å². The minimum absolute atomic E-state index is 0.361. The van der Waals surface area contributed by atoms with Gasteiger partial charge >= 0.3 is 11.9 Å². The summed E-state index contributed by atoms with van der Waals surface area (Å²) < 4.78 is 9.71. The lowest BCUT2D eigenvalue weighted by Gasteiger charge is -2.31. The molecular formula is C11H16O4. The molecule has 1 aliphatic rings. The Morgan fingerprint density at radius 3 is 2.20 bits per heavy atom. The Balaban J connectivity index is 3.15. The van der Waals surface area contributed by atoms with E-state index in [1.165, 1.54) is 13.2 Å². The molecule has 0 saturated carbocycles. The van der Waals surface area contributed by atoms with Gasteiger partial charge in [-0.05, 0) is 13.8 Å². The molecule has 0 spiro atoms. The Bertz CT molecular complexity index is 336. The van der Waals surface area contributed by atoms with Crippen LogP contribution in [0.15, 0.2) is 11.6 Å². The van der Waals surface area contributed by atoms with E-state index < -0.39 is 23.0 Å². The molecule has 15 heavy (non-hydrogen) atoms. The molecule has 0 unspecified atom stereocenters. The Hall–Kier alpha value is -1.32. The minimum atomic E-state index is -0.607. The number of methoxy groups -OCH3 is 1. The number of ether oxygens (including phenoxy) is 2. The molecule has 4 heteroatoms. The van der Waals surface area contributed by atoms with Crippen LogP contribution in [-0.2, 0) is 19.1 Å². The van der Waals surface area contributed by atoms with Gasteiger partial charge in [-0.15, -0.1) is 0 Å². The maximum Gasteiger partial charge on any atom is 0.335 e. The highest BCUT2D eigenvalue weighted by Crippen LogP contribution is 2.46. The fraction of sp³-hybridized carbons (Fsp3) is 0.636. The van der Waals surface area contributed by atoms with Crippen molar-refractivity contribution in [3.63, 3.8) is 0 Å². The standard InChI is InChI=1S/C11H16O4/c1-10(2)7(6-8(12)14-5)9(13)15-11(10,3)4/h6H,1-5H3. The number of rotatable bonds is 1. The summed E-state index contributed by atoms with van der Waals surface area (Å²) in [6.07, 6.45) is 1.21. The van der Waals surface area contributed by atoms with E-state index in [0.29, 0.717) is 5.57 Å². The fourth-order valence-corrected chi connectivity index (χ4v) is 1.41. The Kier molecular flexibility index (Phi) is 2.63. The number of hydrogen-bond acceptors (Lipinski definition) is 4. The zero-order valence-corrected chi connectivity index (χ0v) is 9.71. The average Bonchev–Trinajstić information content (AvgIpc) is 2.24. The highest BCUT2D eigenvalue weighted by molar-refractivity contribution is 5.99. The monoisotopic (exact) mass is 212 g/mol. The molecule has 0 aromatic heterocycles. The van der Waals surface area contributed by atoms with Gasteiger partial charge < -0.3 is 9.47 Å². The third-order valence-corrected chi connectivity index (χ3v) is 3.21. The predicted octanol–water partition coefficient (Wildman–Crippen LogP) is 1.45. The highest BCUT2D eigenvalue weighted by atomic mass is 16.6. The molecule has 0 bridgehead atoms. The van der Waals surface area contributed by atoms with Crippen molar-refractivity contribution in [3.8, 4) is 0 Å². The molecule has 1 fully saturated rings. The van der Waals surface area contributed by atoms with E-state index in [1.54, 1.807) is 0 Å². The summed E-state index contributed by atoms with van der Waals surface area (Å²) in [6, 6.07) is 0. The minimum Gasteiger partial charge on any atom is -0.466 e. The molecule has 0 aliphatic carbocycles. The summed E-state index contributed by atoms with van der Waals surface area (Å²) in [5.41, 5.74) is -0.748. The molecule has 84 valence electrons. The second-order valence-corrected chi connectivity index (χ2v) is 4.61. The molecule has 0 N–H and O–H groups in total. The summed E-state index contributed by atoms with van der Waals surface area (Å²) in [5.74, 6) is -0.983. The van der Waals surface area contributed by atoms with Gasteiger partial charge in [0.15, 0.2) is 0 Å². The smallest absolute Gasteiger partial charge is 0.335 e. The van der Waals surface area contributed by atoms with Gasteiger partial charge in [-0.25, -0.2) is 9.59 Å². The maximum absolute atomic E-state index is 11.6. The van der Waals surface area contributed by atoms with E-state index in [1.807, 2.05) is 27.7 Å². The van der Waals surface area contributed by atoms with Crippen molar-refractivity contribution in [2.45, 2.75) is 33.3 Å². The summed E-state index contributed by atoms with van der Waals surface area (Å²) in [6.45, 7) is 7.38. The van der Waals surface area contributed by atoms with E-state index in [-0.39, 0.29) is 0 Å². The molecule has 1 heterocycles. The highest BCUT2D eigenvalue weighted by Gasteiger charge is 2.52. The van der Waals surface area contributed by atoms with Crippen molar-refractivity contribution in [3.05, 3.63) is 11.6 Å². The Morgan fingerprint density at radius 2 is 1.87 bits per heavy atom. The van der Waals surface area contributed by atoms with Crippen molar-refractivity contribution in [2.24, 2.45) is 5.41 Å². The van der Waals surface area contributed by atoms with Gasteiger partial charge in [0.1, 0.15) is 5.60 Å². The van der Waals surface area contributed by atoms with Crippen LogP contribution in [0.4, 0.5) is 0 Å². The van der Waals surface area contributed by atoms with Crippen LogP contribution in [0.25, 0.3) is 0 Å². The van der Waals surface area contributed by atoms with Crippen molar-refractivity contribution >= 4 is 11.9 Å². The van der Waals surface area contributed by atoms with E-state index in [0.717, 1.165) is 0 Å². The number of esters is 2. The van der Waals surface area contributed by atoms with Crippen LogP contribution in [0.5, 0.6) is 0 Å². The normalized spacial score (nSPS) is 25.1. The van der Waals surface area contributed by atoms with Crippen LogP contribution in [0.2, 0.25) is 0 Å². The molecular weight excluding hydrogens is 196 g/mol. The lowest BCUT2D eigenvalue weighted by atomic mass is 9.74. The van der Waals surface area contributed by atoms with Gasteiger partial charge in [0.2, 0.25) is 0 Å². The zero-order chi connectivity index (χ0) is 11.9. The average molecular weight is 212 g/mol. The number of hydrogen-bond donors (Lipinski definition) is 0. The zero-order valence-electron chi connectivity index (χ0n) is 9.71. The van der Waals surface area contributed by atoms with Gasteiger partial charge in [0.05, 0.1) is 12.7 Å². The number of cyclic esters (lactones) is 1. The van der Waals surface area contributed by atoms with Gasteiger partial charge in [0, 0.05) is 11.5 Å². The van der Waals surface area contributed by atoms with Crippen LogP contribution in [0, 0.1) is 5.41 Å². The Morgan fingerprint density at radius 1 is 1.33 bits per heavy atom. The topological polar surface area (TPSA) is 52.6 Å². The van der Waals surface area contributed by atoms with E-state index in [9.17, 15) is 9.59 Å². The molecule has 0 radical (unpaired) electrons. The molecule has 1 aliphatic heterocycles. The third kappa shape index (κ3) is 1.76. The van der Waals surface area contributed by atoms with Gasteiger partial charge in [0.25, 0.3) is 0 Å². The Labute approximate surface area is 89.2 Å². The van der Waals surface area contributed by atoms with Crippen molar-refractivity contribution < 1.29 is 19.1 Å². The number of carbonyl (C=O) groups excluding carboxylic acids is 2. The maximum atomic E-state index is 11.6. The first-order valence-corrected chi connectivity index (χ1v) is 4.76. The van der Waals surface area contributed by atoms with Crippen LogP contribution < -0.4 is 0 Å². The van der Waals surface area contributed by atoms with Crippen molar-refractivity contribution in [1.29, 1.82) is 0 Å². The van der Waals surface area contributed by atoms with Gasteiger partial charge in [-0.3, -0.25) is 0 Å². The first kappa shape index (κ1) is 11.8. The molecule has 0 aromatic carbocycles. The number of carbonyl (C=O) groups is 2. The summed E-state index contributed by atoms with van der Waals surface area (Å²) in [4.78, 5) is 22.7. The third-order valence-electron chi connectivity index (χ3n) is 3.21.